The number of aromatic amines is 1. The number of imidazole rings is 1. The molecular formula is C22H18BrN3O2S. The first-order chi connectivity index (χ1) is 13.9. The van der Waals surface area contributed by atoms with Crippen LogP contribution in [0.5, 0.6) is 0 Å². The van der Waals surface area contributed by atoms with Gasteiger partial charge in [0.05, 0.1) is 23.0 Å². The lowest BCUT2D eigenvalue weighted by Crippen LogP contribution is -2.10. The highest BCUT2D eigenvalue weighted by atomic mass is 79.9. The van der Waals surface area contributed by atoms with Gasteiger partial charge in [-0.3, -0.25) is 4.72 Å². The molecule has 0 spiro atoms. The van der Waals surface area contributed by atoms with Gasteiger partial charge >= 0.3 is 0 Å². The monoisotopic (exact) mass is 467 g/mol. The number of anilines is 1. The molecule has 1 heterocycles. The maximum Gasteiger partial charge on any atom is 0.229 e. The maximum absolute atomic E-state index is 11.7. The van der Waals surface area contributed by atoms with Crippen LogP contribution in [0.2, 0.25) is 0 Å². The Kier molecular flexibility index (Phi) is 5.25. The normalized spacial score (nSPS) is 11.9. The van der Waals surface area contributed by atoms with Gasteiger partial charge in [-0.05, 0) is 47.5 Å². The number of H-pyrrole nitrogens is 1. The van der Waals surface area contributed by atoms with Crippen LogP contribution in [0.3, 0.4) is 0 Å². The topological polar surface area (TPSA) is 74.8 Å². The fraction of sp³-hybridized carbons (Fsp3) is 0.0455. The van der Waals surface area contributed by atoms with E-state index < -0.39 is 10.0 Å². The molecule has 0 aliphatic carbocycles. The summed E-state index contributed by atoms with van der Waals surface area (Å²) in [6.45, 7) is 0. The van der Waals surface area contributed by atoms with Crippen molar-refractivity contribution in [2.45, 2.75) is 0 Å². The summed E-state index contributed by atoms with van der Waals surface area (Å²) in [5, 5.41) is 0. The van der Waals surface area contributed by atoms with Gasteiger partial charge in [0.1, 0.15) is 5.82 Å². The number of aromatic nitrogens is 2. The minimum Gasteiger partial charge on any atom is -0.338 e. The average molecular weight is 468 g/mol. The Balaban J connectivity index is 1.67. The van der Waals surface area contributed by atoms with Gasteiger partial charge in [-0.1, -0.05) is 58.4 Å². The zero-order chi connectivity index (χ0) is 20.4. The minimum atomic E-state index is -3.37. The standard InChI is InChI=1S/C22H18BrN3O2S/c1-29(27,28)26-19-5-3-2-4-18(19)16-9-12-20-21(14-16)25-22(24-20)13-8-15-6-10-17(23)11-7-15/h2-14,26H,1H3,(H,24,25). The molecule has 0 aliphatic rings. The molecule has 4 rings (SSSR count). The van der Waals surface area contributed by atoms with Gasteiger partial charge in [-0.25, -0.2) is 13.4 Å². The van der Waals surface area contributed by atoms with E-state index in [-0.39, 0.29) is 0 Å². The number of hydrogen-bond acceptors (Lipinski definition) is 3. The van der Waals surface area contributed by atoms with Crippen LogP contribution < -0.4 is 4.72 Å². The summed E-state index contributed by atoms with van der Waals surface area (Å²) in [6, 6.07) is 21.2. The second kappa shape index (κ2) is 7.85. The molecule has 5 nitrogen and oxygen atoms in total. The number of sulfonamides is 1. The Morgan fingerprint density at radius 2 is 1.76 bits per heavy atom. The summed E-state index contributed by atoms with van der Waals surface area (Å²) in [6.07, 6.45) is 5.07. The van der Waals surface area contributed by atoms with Crippen LogP contribution >= 0.6 is 15.9 Å². The van der Waals surface area contributed by atoms with Crippen LogP contribution in [0.4, 0.5) is 5.69 Å². The number of benzene rings is 3. The van der Waals surface area contributed by atoms with Gasteiger partial charge in [0.15, 0.2) is 0 Å². The zero-order valence-corrected chi connectivity index (χ0v) is 18.0. The number of nitrogens with zero attached hydrogens (tertiary/aromatic N) is 1. The first-order valence-corrected chi connectivity index (χ1v) is 11.6. The quantitative estimate of drug-likeness (QED) is 0.404. The summed E-state index contributed by atoms with van der Waals surface area (Å²) in [5.74, 6) is 0.752. The van der Waals surface area contributed by atoms with E-state index in [1.165, 1.54) is 0 Å². The van der Waals surface area contributed by atoms with E-state index in [9.17, 15) is 8.42 Å². The second-order valence-electron chi connectivity index (χ2n) is 6.66. The Morgan fingerprint density at radius 3 is 2.52 bits per heavy atom. The van der Waals surface area contributed by atoms with Crippen LogP contribution in [0.1, 0.15) is 11.4 Å². The predicted octanol–water partition coefficient (Wildman–Crippen LogP) is 5.53. The van der Waals surface area contributed by atoms with E-state index in [1.807, 2.05) is 66.7 Å². The Labute approximate surface area is 177 Å². The Bertz CT molecular complexity index is 1310. The third kappa shape index (κ3) is 4.75. The highest BCUT2D eigenvalue weighted by molar-refractivity contribution is 9.10. The molecule has 0 unspecified atom stereocenters. The summed E-state index contributed by atoms with van der Waals surface area (Å²) < 4.78 is 26.9. The molecule has 0 saturated carbocycles. The number of nitrogens with one attached hydrogen (secondary N) is 2. The fourth-order valence-corrected chi connectivity index (χ4v) is 3.89. The zero-order valence-electron chi connectivity index (χ0n) is 15.6. The molecule has 0 fully saturated rings. The Hall–Kier alpha value is -2.90. The molecule has 29 heavy (non-hydrogen) atoms. The van der Waals surface area contributed by atoms with E-state index in [4.69, 9.17) is 0 Å². The first-order valence-electron chi connectivity index (χ1n) is 8.88. The SMILES string of the molecule is CS(=O)(=O)Nc1ccccc1-c1ccc2[nH]c(C=Cc3ccc(Br)cc3)nc2c1. The van der Waals surface area contributed by atoms with Crippen LogP contribution in [0.15, 0.2) is 71.2 Å². The largest absolute Gasteiger partial charge is 0.338 e. The van der Waals surface area contributed by atoms with Gasteiger partial charge in [0.25, 0.3) is 0 Å². The molecule has 0 saturated heterocycles. The summed E-state index contributed by atoms with van der Waals surface area (Å²) in [4.78, 5) is 7.94. The highest BCUT2D eigenvalue weighted by Gasteiger charge is 2.10. The third-order valence-electron chi connectivity index (χ3n) is 4.34. The summed E-state index contributed by atoms with van der Waals surface area (Å²) in [5.41, 5.74) is 5.04. The highest BCUT2D eigenvalue weighted by Crippen LogP contribution is 2.30. The molecule has 7 heteroatoms. The van der Waals surface area contributed by atoms with Crippen molar-refractivity contribution in [1.82, 2.24) is 9.97 Å². The Morgan fingerprint density at radius 1 is 1.00 bits per heavy atom. The van der Waals surface area contributed by atoms with Gasteiger partial charge in [0, 0.05) is 10.0 Å². The first kappa shape index (κ1) is 19.4. The van der Waals surface area contributed by atoms with Crippen molar-refractivity contribution in [3.05, 3.63) is 82.6 Å². The molecule has 0 amide bonds. The van der Waals surface area contributed by atoms with E-state index in [0.717, 1.165) is 44.3 Å². The van der Waals surface area contributed by atoms with Crippen LogP contribution in [0, 0.1) is 0 Å². The predicted molar refractivity (Wildman–Crippen MR) is 123 cm³/mol. The van der Waals surface area contributed by atoms with E-state index >= 15 is 0 Å². The summed E-state index contributed by atoms with van der Waals surface area (Å²) >= 11 is 3.43. The van der Waals surface area contributed by atoms with Gasteiger partial charge < -0.3 is 4.98 Å². The van der Waals surface area contributed by atoms with Crippen molar-refractivity contribution >= 4 is 54.8 Å². The van der Waals surface area contributed by atoms with Crippen molar-refractivity contribution in [3.8, 4) is 11.1 Å². The average Bonchev–Trinajstić information content (AvgIpc) is 3.09. The van der Waals surface area contributed by atoms with Gasteiger partial charge in [-0.2, -0.15) is 0 Å². The minimum absolute atomic E-state index is 0.542. The smallest absolute Gasteiger partial charge is 0.229 e. The molecule has 1 aromatic heterocycles. The van der Waals surface area contributed by atoms with Gasteiger partial charge in [-0.15, -0.1) is 0 Å². The number of hydrogen-bond donors (Lipinski definition) is 2. The molecule has 146 valence electrons. The fourth-order valence-electron chi connectivity index (χ4n) is 3.04. The lowest BCUT2D eigenvalue weighted by Gasteiger charge is -2.10. The lowest BCUT2D eigenvalue weighted by atomic mass is 10.0. The molecule has 3 aromatic carbocycles. The number of rotatable bonds is 5. The third-order valence-corrected chi connectivity index (χ3v) is 5.46. The number of fused-ring (bicyclic) bond motifs is 1. The van der Waals surface area contributed by atoms with Crippen molar-refractivity contribution in [2.75, 3.05) is 11.0 Å². The van der Waals surface area contributed by atoms with Gasteiger partial charge in [0.2, 0.25) is 10.0 Å². The number of para-hydroxylation sites is 1. The van der Waals surface area contributed by atoms with E-state index in [1.54, 1.807) is 12.1 Å². The molecule has 0 bridgehead atoms. The van der Waals surface area contributed by atoms with Crippen molar-refractivity contribution in [2.24, 2.45) is 0 Å². The maximum atomic E-state index is 11.7. The van der Waals surface area contributed by atoms with Crippen molar-refractivity contribution in [3.63, 3.8) is 0 Å². The van der Waals surface area contributed by atoms with E-state index in [2.05, 4.69) is 30.6 Å². The summed E-state index contributed by atoms with van der Waals surface area (Å²) in [7, 11) is -3.37. The van der Waals surface area contributed by atoms with E-state index in [0.29, 0.717) is 5.69 Å². The molecular weight excluding hydrogens is 450 g/mol. The molecule has 0 atom stereocenters. The molecule has 2 N–H and O–H groups in total. The van der Waals surface area contributed by atoms with Crippen molar-refractivity contribution in [1.29, 1.82) is 0 Å². The van der Waals surface area contributed by atoms with Crippen LogP contribution in [-0.4, -0.2) is 24.6 Å². The lowest BCUT2D eigenvalue weighted by molar-refractivity contribution is 0.607. The number of halogens is 1. The molecule has 0 radical (unpaired) electrons. The second-order valence-corrected chi connectivity index (χ2v) is 9.32. The van der Waals surface area contributed by atoms with Crippen molar-refractivity contribution < 1.29 is 8.42 Å². The molecule has 0 aliphatic heterocycles. The molecule has 4 aromatic rings. The van der Waals surface area contributed by atoms with Crippen LogP contribution in [-0.2, 0) is 10.0 Å². The van der Waals surface area contributed by atoms with Crippen LogP contribution in [0.25, 0.3) is 34.3 Å².